The molecular weight excluding hydrogens is 1230 g/mol. The maximum Gasteiger partial charge on any atom is 0.330 e. The van der Waals surface area contributed by atoms with E-state index in [0.717, 1.165) is 46.8 Å². The topological polar surface area (TPSA) is 300 Å². The first-order chi connectivity index (χ1) is 44.1. The van der Waals surface area contributed by atoms with Gasteiger partial charge in [0.1, 0.15) is 48.4 Å². The van der Waals surface area contributed by atoms with Crippen LogP contribution in [0.3, 0.4) is 0 Å². The molecule has 0 amide bonds. The summed E-state index contributed by atoms with van der Waals surface area (Å²) in [7, 11) is 0. The van der Waals surface area contributed by atoms with Gasteiger partial charge in [-0.2, -0.15) is 0 Å². The van der Waals surface area contributed by atoms with Gasteiger partial charge >= 0.3 is 59.7 Å². The maximum atomic E-state index is 14.0. The highest BCUT2D eigenvalue weighted by Gasteiger charge is 2.38. The maximum absolute atomic E-state index is 14.0. The normalized spacial score (nSPS) is 18.0. The predicted molar refractivity (Wildman–Crippen MR) is 330 cm³/mol. The number of benzene rings is 3. The minimum absolute atomic E-state index is 0.0137. The molecule has 6 rings (SSSR count). The van der Waals surface area contributed by atoms with Crippen LogP contribution < -0.4 is 18.9 Å². The highest BCUT2D eigenvalue weighted by molar-refractivity contribution is 8.24. The van der Waals surface area contributed by atoms with Gasteiger partial charge in [0.2, 0.25) is 0 Å². The molecule has 25 heteroatoms. The SMILES string of the molecule is [C-]#[N+]/C(C#N)=C1\Sc2c(OC(=O)C3CCC(C(=O)Oc4ccc(CCOC(=O)CCC(=O)OC(C)COC(=O)C=C)cc4)CC3)c(C)c(C)c(OC(=O)C3CCC(C(=O)Oc4ccc(CCOC(=O)CCC(=O)OC(C)COC(C)COC(=O)C=C)cc4)CC3)c2S1. The van der Waals surface area contributed by atoms with E-state index in [1.165, 1.54) is 0 Å². The average molecular weight is 1310 g/mol. The van der Waals surface area contributed by atoms with Gasteiger partial charge in [0, 0.05) is 25.0 Å². The van der Waals surface area contributed by atoms with E-state index in [4.69, 9.17) is 58.7 Å². The predicted octanol–water partition coefficient (Wildman–Crippen LogP) is 10.2. The summed E-state index contributed by atoms with van der Waals surface area (Å²) in [6, 6.07) is 15.4. The molecule has 2 fully saturated rings. The Kier molecular flexibility index (Phi) is 28.5. The van der Waals surface area contributed by atoms with Crippen molar-refractivity contribution in [2.75, 3.05) is 33.0 Å². The van der Waals surface area contributed by atoms with Crippen LogP contribution in [0, 0.1) is 55.4 Å². The van der Waals surface area contributed by atoms with E-state index in [2.05, 4.69) is 18.0 Å². The molecular formula is C67H74N2O21S2. The molecule has 0 radical (unpaired) electrons. The van der Waals surface area contributed by atoms with E-state index in [1.807, 2.05) is 6.07 Å². The molecule has 0 N–H and O–H groups in total. The number of nitriles is 1. The molecule has 3 aromatic carbocycles. The molecule has 0 aromatic heterocycles. The summed E-state index contributed by atoms with van der Waals surface area (Å²) in [5, 5.41) is 9.83. The number of hydrogen-bond donors (Lipinski definition) is 0. The lowest BCUT2D eigenvalue weighted by Gasteiger charge is -2.27. The lowest BCUT2D eigenvalue weighted by Crippen LogP contribution is -2.31. The van der Waals surface area contributed by atoms with Crippen LogP contribution in [0.25, 0.3) is 4.85 Å². The molecule has 0 bridgehead atoms. The molecule has 0 spiro atoms. The van der Waals surface area contributed by atoms with Crippen LogP contribution in [0.15, 0.2) is 93.6 Å². The Labute approximate surface area is 541 Å². The summed E-state index contributed by atoms with van der Waals surface area (Å²) in [6.45, 7) is 22.6. The molecule has 0 saturated heterocycles. The van der Waals surface area contributed by atoms with E-state index < -0.39 is 102 Å². The Hall–Kier alpha value is -8.78. The van der Waals surface area contributed by atoms with Gasteiger partial charge in [0.15, 0.2) is 0 Å². The van der Waals surface area contributed by atoms with E-state index in [9.17, 15) is 53.2 Å². The van der Waals surface area contributed by atoms with Crippen LogP contribution in [-0.2, 0) is 93.9 Å². The van der Waals surface area contributed by atoms with Gasteiger partial charge in [-0.05, 0) is 133 Å². The van der Waals surface area contributed by atoms with Gasteiger partial charge in [-0.3, -0.25) is 38.4 Å². The van der Waals surface area contributed by atoms with E-state index >= 15 is 0 Å². The fraction of sp³-hybridized carbons (Fsp3) is 0.463. The number of rotatable bonds is 31. The molecule has 2 aliphatic carbocycles. The van der Waals surface area contributed by atoms with Crippen LogP contribution in [-0.4, -0.2) is 111 Å². The quantitative estimate of drug-likeness (QED) is 0.0144. The van der Waals surface area contributed by atoms with Gasteiger partial charge in [-0.25, -0.2) is 19.7 Å². The van der Waals surface area contributed by atoms with Gasteiger partial charge in [0.25, 0.3) is 5.70 Å². The zero-order chi connectivity index (χ0) is 66.9. The van der Waals surface area contributed by atoms with Crippen molar-refractivity contribution in [2.45, 2.75) is 153 Å². The van der Waals surface area contributed by atoms with Crippen molar-refractivity contribution in [3.63, 3.8) is 0 Å². The third kappa shape index (κ3) is 22.6. The van der Waals surface area contributed by atoms with E-state index in [-0.39, 0.29) is 75.9 Å². The van der Waals surface area contributed by atoms with Crippen LogP contribution in [0.5, 0.6) is 23.0 Å². The summed E-state index contributed by atoms with van der Waals surface area (Å²) in [5.41, 5.74) is 2.45. The average Bonchev–Trinajstić information content (AvgIpc) is 1.56. The van der Waals surface area contributed by atoms with Crippen LogP contribution >= 0.6 is 23.5 Å². The van der Waals surface area contributed by atoms with Crippen molar-refractivity contribution >= 4 is 83.2 Å². The first kappa shape index (κ1) is 72.3. The first-order valence-electron chi connectivity index (χ1n) is 30.1. The second-order valence-corrected chi connectivity index (χ2v) is 24.4. The molecule has 3 unspecified atom stereocenters. The minimum atomic E-state index is -0.701. The van der Waals surface area contributed by atoms with Crippen LogP contribution in [0.4, 0.5) is 0 Å². The van der Waals surface area contributed by atoms with Crippen molar-refractivity contribution in [3.05, 3.63) is 117 Å². The number of nitrogens with zero attached hydrogens (tertiary/aromatic N) is 2. The summed E-state index contributed by atoms with van der Waals surface area (Å²) in [5.74, 6) is -6.57. The molecule has 92 heavy (non-hydrogen) atoms. The molecule has 1 aliphatic heterocycles. The molecule has 3 aromatic rings. The number of esters is 10. The number of hydrogen-bond acceptors (Lipinski definition) is 24. The van der Waals surface area contributed by atoms with Gasteiger partial charge in [0.05, 0.1) is 102 Å². The van der Waals surface area contributed by atoms with Crippen molar-refractivity contribution in [1.29, 1.82) is 5.26 Å². The Balaban J connectivity index is 0.916. The molecule has 1 heterocycles. The molecule has 3 atom stereocenters. The molecule has 3 aliphatic rings. The summed E-state index contributed by atoms with van der Waals surface area (Å²) < 4.78 is 60.3. The number of thioether (sulfide) groups is 2. The third-order valence-corrected chi connectivity index (χ3v) is 17.6. The van der Waals surface area contributed by atoms with Gasteiger partial charge in [-0.15, -0.1) is 0 Å². The standard InChI is InChI=1S/C67H74N2O21S2/c1-9-53(70)83-36-39(3)82-37-40(4)85-57(74)29-27-55(72)80-33-31-44-11-23-50(24-12-44)87-63(76)46-15-19-48(20-16-46)65(78)89-59-42(6)43(7)60(62-61(59)91-67(92-62)52(35-68)69-8)90-66(79)49-21-17-47(18-22-49)64(77)88-51-25-13-45(14-26-51)32-34-81-56(73)28-30-58(75)86-41(5)38-84-54(71)10-2/h9-14,23-26,39-41,46-49H,1-2,15-22,27-34,36-38H2,3-7H3/b67-52-. The first-order valence-corrected chi connectivity index (χ1v) is 31.7. The Bertz CT molecular complexity index is 3310. The lowest BCUT2D eigenvalue weighted by molar-refractivity contribution is -0.157. The molecule has 490 valence electrons. The van der Waals surface area contributed by atoms with Crippen molar-refractivity contribution in [3.8, 4) is 29.1 Å². The van der Waals surface area contributed by atoms with Gasteiger partial charge in [-0.1, -0.05) is 60.9 Å². The zero-order valence-electron chi connectivity index (χ0n) is 51.9. The number of carbonyl (C=O) groups is 10. The highest BCUT2D eigenvalue weighted by Crippen LogP contribution is 2.61. The fourth-order valence-electron chi connectivity index (χ4n) is 9.70. The number of ether oxygens (including phenoxy) is 11. The van der Waals surface area contributed by atoms with E-state index in [1.54, 1.807) is 83.1 Å². The number of carbonyl (C=O) groups excluding carboxylic acids is 10. The second-order valence-electron chi connectivity index (χ2n) is 22.1. The summed E-state index contributed by atoms with van der Waals surface area (Å²) >= 11 is 2.16. The van der Waals surface area contributed by atoms with Gasteiger partial charge < -0.3 is 52.1 Å². The summed E-state index contributed by atoms with van der Waals surface area (Å²) in [4.78, 5) is 130. The number of allylic oxidation sites excluding steroid dienone is 1. The molecule has 23 nitrogen and oxygen atoms in total. The van der Waals surface area contributed by atoms with Crippen LogP contribution in [0.2, 0.25) is 0 Å². The monoisotopic (exact) mass is 1310 g/mol. The Morgan fingerprint density at radius 1 is 0.533 bits per heavy atom. The number of fused-ring (bicyclic) bond motifs is 1. The van der Waals surface area contributed by atoms with Crippen molar-refractivity contribution in [2.24, 2.45) is 23.7 Å². The highest BCUT2D eigenvalue weighted by atomic mass is 32.2. The minimum Gasteiger partial charge on any atom is -0.465 e. The largest absolute Gasteiger partial charge is 0.465 e. The fourth-order valence-corrected chi connectivity index (χ4v) is 12.3. The Morgan fingerprint density at radius 2 is 0.880 bits per heavy atom. The van der Waals surface area contributed by atoms with E-state index in [0.29, 0.717) is 101 Å². The summed E-state index contributed by atoms with van der Waals surface area (Å²) in [6.07, 6.45) is 3.05. The van der Waals surface area contributed by atoms with Crippen molar-refractivity contribution in [1.82, 2.24) is 0 Å². The van der Waals surface area contributed by atoms with Crippen molar-refractivity contribution < 1.29 is 100 Å². The molecule has 2 saturated carbocycles. The smallest absolute Gasteiger partial charge is 0.330 e. The third-order valence-electron chi connectivity index (χ3n) is 15.0. The second kappa shape index (κ2) is 36.3. The Morgan fingerprint density at radius 3 is 1.24 bits per heavy atom. The zero-order valence-corrected chi connectivity index (χ0v) is 53.6. The van der Waals surface area contributed by atoms with Crippen LogP contribution in [0.1, 0.15) is 120 Å². The lowest BCUT2D eigenvalue weighted by atomic mass is 9.82.